The highest BCUT2D eigenvalue weighted by Gasteiger charge is 2.28. The molecule has 0 saturated carbocycles. The lowest BCUT2D eigenvalue weighted by Gasteiger charge is -2.22. The highest BCUT2D eigenvalue weighted by Crippen LogP contribution is 2.12. The molecule has 1 heterocycles. The van der Waals surface area contributed by atoms with E-state index < -0.39 is 18.8 Å². The minimum absolute atomic E-state index is 0.0605. The third kappa shape index (κ3) is 5.79. The molecule has 1 atom stereocenters. The van der Waals surface area contributed by atoms with E-state index >= 15 is 0 Å². The summed E-state index contributed by atoms with van der Waals surface area (Å²) < 4.78 is 39.8. The number of nitrogens with one attached hydrogen (secondary N) is 2. The second-order valence-corrected chi connectivity index (χ2v) is 3.71. The van der Waals surface area contributed by atoms with Crippen molar-refractivity contribution in [3.8, 4) is 0 Å². The topological polar surface area (TPSA) is 50.4 Å². The van der Waals surface area contributed by atoms with Crippen molar-refractivity contribution < 1.29 is 22.7 Å². The molecular weight excluding hydrogens is 225 g/mol. The van der Waals surface area contributed by atoms with Crippen LogP contribution in [0.1, 0.15) is 19.3 Å². The molecule has 1 unspecified atom stereocenters. The number of hydrogen-bond acceptors (Lipinski definition) is 3. The SMILES string of the molecule is O=C(NCC(F)(F)F)OCC1CCCCN1. The van der Waals surface area contributed by atoms with E-state index in [2.05, 4.69) is 10.1 Å². The molecule has 1 rings (SSSR count). The summed E-state index contributed by atoms with van der Waals surface area (Å²) in [5.41, 5.74) is 0. The summed E-state index contributed by atoms with van der Waals surface area (Å²) in [6.07, 6.45) is -2.42. The van der Waals surface area contributed by atoms with Crippen LogP contribution in [-0.4, -0.2) is 38.0 Å². The molecule has 0 aromatic rings. The summed E-state index contributed by atoms with van der Waals surface area (Å²) in [7, 11) is 0. The van der Waals surface area contributed by atoms with Gasteiger partial charge in [-0.3, -0.25) is 0 Å². The van der Waals surface area contributed by atoms with Gasteiger partial charge in [-0.25, -0.2) is 4.79 Å². The fourth-order valence-electron chi connectivity index (χ4n) is 1.47. The van der Waals surface area contributed by atoms with E-state index in [1.54, 1.807) is 5.32 Å². The van der Waals surface area contributed by atoms with Crippen molar-refractivity contribution >= 4 is 6.09 Å². The van der Waals surface area contributed by atoms with E-state index in [0.29, 0.717) is 0 Å². The van der Waals surface area contributed by atoms with Gasteiger partial charge in [0.25, 0.3) is 0 Å². The molecule has 16 heavy (non-hydrogen) atoms. The van der Waals surface area contributed by atoms with Crippen LogP contribution in [-0.2, 0) is 4.74 Å². The van der Waals surface area contributed by atoms with Crippen LogP contribution in [0.5, 0.6) is 0 Å². The maximum atomic E-state index is 11.7. The van der Waals surface area contributed by atoms with E-state index in [4.69, 9.17) is 0 Å². The van der Waals surface area contributed by atoms with Crippen molar-refractivity contribution in [2.24, 2.45) is 0 Å². The molecule has 1 aliphatic heterocycles. The molecule has 0 aliphatic carbocycles. The highest BCUT2D eigenvalue weighted by molar-refractivity contribution is 5.67. The molecule has 94 valence electrons. The summed E-state index contributed by atoms with van der Waals surface area (Å²) in [4.78, 5) is 10.9. The number of ether oxygens (including phenoxy) is 1. The van der Waals surface area contributed by atoms with Crippen molar-refractivity contribution in [1.29, 1.82) is 0 Å². The van der Waals surface area contributed by atoms with Crippen LogP contribution in [0.2, 0.25) is 0 Å². The van der Waals surface area contributed by atoms with Gasteiger partial charge in [-0.15, -0.1) is 0 Å². The molecule has 1 aliphatic rings. The average Bonchev–Trinajstić information content (AvgIpc) is 2.24. The average molecular weight is 240 g/mol. The number of alkyl carbamates (subject to hydrolysis) is 1. The summed E-state index contributed by atoms with van der Waals surface area (Å²) in [5, 5.41) is 4.77. The summed E-state index contributed by atoms with van der Waals surface area (Å²) in [6, 6.07) is 0.0605. The summed E-state index contributed by atoms with van der Waals surface area (Å²) in [5.74, 6) is 0. The van der Waals surface area contributed by atoms with Gasteiger partial charge in [-0.1, -0.05) is 6.42 Å². The Morgan fingerprint density at radius 2 is 2.19 bits per heavy atom. The minimum Gasteiger partial charge on any atom is -0.448 e. The van der Waals surface area contributed by atoms with Gasteiger partial charge >= 0.3 is 12.3 Å². The van der Waals surface area contributed by atoms with E-state index in [0.717, 1.165) is 25.8 Å². The lowest BCUT2D eigenvalue weighted by molar-refractivity contribution is -0.123. The number of halogens is 3. The minimum atomic E-state index is -4.40. The predicted molar refractivity (Wildman–Crippen MR) is 51.0 cm³/mol. The Bertz CT molecular complexity index is 227. The highest BCUT2D eigenvalue weighted by atomic mass is 19.4. The van der Waals surface area contributed by atoms with Crippen LogP contribution in [0.4, 0.5) is 18.0 Å². The Hall–Kier alpha value is -0.980. The van der Waals surface area contributed by atoms with Gasteiger partial charge in [-0.2, -0.15) is 13.2 Å². The molecule has 4 nitrogen and oxygen atoms in total. The summed E-state index contributed by atoms with van der Waals surface area (Å²) in [6.45, 7) is -0.383. The van der Waals surface area contributed by atoms with Gasteiger partial charge in [0.2, 0.25) is 0 Å². The van der Waals surface area contributed by atoms with E-state index in [1.165, 1.54) is 0 Å². The first-order chi connectivity index (χ1) is 7.47. The zero-order valence-corrected chi connectivity index (χ0v) is 8.77. The molecule has 0 aromatic heterocycles. The van der Waals surface area contributed by atoms with Crippen LogP contribution in [0.25, 0.3) is 0 Å². The lowest BCUT2D eigenvalue weighted by atomic mass is 10.1. The lowest BCUT2D eigenvalue weighted by Crippen LogP contribution is -2.40. The smallest absolute Gasteiger partial charge is 0.407 e. The van der Waals surface area contributed by atoms with Crippen LogP contribution in [0, 0.1) is 0 Å². The van der Waals surface area contributed by atoms with Crippen molar-refractivity contribution in [3.05, 3.63) is 0 Å². The van der Waals surface area contributed by atoms with Gasteiger partial charge in [0.15, 0.2) is 0 Å². The molecular formula is C9H15F3N2O2. The fraction of sp³-hybridized carbons (Fsp3) is 0.889. The number of rotatable bonds is 3. The molecule has 0 bridgehead atoms. The predicted octanol–water partition coefficient (Wildman–Crippen LogP) is 1.42. The number of amides is 1. The number of carbonyl (C=O) groups excluding carboxylic acids is 1. The third-order valence-corrected chi connectivity index (χ3v) is 2.26. The van der Waals surface area contributed by atoms with Gasteiger partial charge in [0.05, 0.1) is 0 Å². The zero-order chi connectivity index (χ0) is 12.0. The summed E-state index contributed by atoms with van der Waals surface area (Å²) >= 11 is 0. The normalized spacial score (nSPS) is 21.6. The molecule has 1 amide bonds. The van der Waals surface area contributed by atoms with Crippen LogP contribution < -0.4 is 10.6 Å². The Kier molecular flexibility index (Phi) is 4.85. The third-order valence-electron chi connectivity index (χ3n) is 2.26. The quantitative estimate of drug-likeness (QED) is 0.784. The van der Waals surface area contributed by atoms with Crippen LogP contribution >= 0.6 is 0 Å². The first-order valence-corrected chi connectivity index (χ1v) is 5.18. The Morgan fingerprint density at radius 1 is 1.44 bits per heavy atom. The molecule has 0 radical (unpaired) electrons. The molecule has 0 spiro atoms. The van der Waals surface area contributed by atoms with Gasteiger partial charge in [-0.05, 0) is 19.4 Å². The molecule has 1 fully saturated rings. The van der Waals surface area contributed by atoms with Crippen LogP contribution in [0.3, 0.4) is 0 Å². The fourth-order valence-corrected chi connectivity index (χ4v) is 1.47. The monoisotopic (exact) mass is 240 g/mol. The van der Waals surface area contributed by atoms with Crippen molar-refractivity contribution in [2.45, 2.75) is 31.5 Å². The number of hydrogen-bond donors (Lipinski definition) is 2. The van der Waals surface area contributed by atoms with Gasteiger partial charge < -0.3 is 15.4 Å². The zero-order valence-electron chi connectivity index (χ0n) is 8.77. The number of piperidine rings is 1. The standard InChI is InChI=1S/C9H15F3N2O2/c10-9(11,12)6-14-8(15)16-5-7-3-1-2-4-13-7/h7,13H,1-6H2,(H,14,15). The molecule has 0 aromatic carbocycles. The molecule has 7 heteroatoms. The Balaban J connectivity index is 2.09. The van der Waals surface area contributed by atoms with E-state index in [-0.39, 0.29) is 12.6 Å². The first kappa shape index (κ1) is 13.1. The first-order valence-electron chi connectivity index (χ1n) is 5.18. The largest absolute Gasteiger partial charge is 0.448 e. The molecule has 2 N–H and O–H groups in total. The Morgan fingerprint density at radius 3 is 2.75 bits per heavy atom. The molecule has 1 saturated heterocycles. The van der Waals surface area contributed by atoms with Gasteiger partial charge in [0, 0.05) is 6.04 Å². The maximum Gasteiger partial charge on any atom is 0.407 e. The maximum absolute atomic E-state index is 11.7. The number of alkyl halides is 3. The van der Waals surface area contributed by atoms with E-state index in [9.17, 15) is 18.0 Å². The van der Waals surface area contributed by atoms with Crippen molar-refractivity contribution in [2.75, 3.05) is 19.7 Å². The second kappa shape index (κ2) is 5.93. The second-order valence-electron chi connectivity index (χ2n) is 3.71. The van der Waals surface area contributed by atoms with Gasteiger partial charge in [0.1, 0.15) is 13.2 Å². The van der Waals surface area contributed by atoms with E-state index in [1.807, 2.05) is 0 Å². The van der Waals surface area contributed by atoms with Crippen molar-refractivity contribution in [3.63, 3.8) is 0 Å². The number of carbonyl (C=O) groups is 1. The van der Waals surface area contributed by atoms with Crippen LogP contribution in [0.15, 0.2) is 0 Å². The Labute approximate surface area is 91.5 Å². The van der Waals surface area contributed by atoms with Crippen molar-refractivity contribution in [1.82, 2.24) is 10.6 Å².